The average molecular weight is 382 g/mol. The number of methoxy groups -OCH3 is 1. The van der Waals surface area contributed by atoms with Crippen LogP contribution in [0, 0.1) is 0 Å². The number of amidine groups is 1. The Balaban J connectivity index is 1.35. The van der Waals surface area contributed by atoms with Crippen molar-refractivity contribution in [2.75, 3.05) is 20.2 Å². The molecular formula is C25H22N2O2. The Kier molecular flexibility index (Phi) is 4.53. The second-order valence-corrected chi connectivity index (χ2v) is 7.13. The molecule has 0 saturated carbocycles. The molecule has 0 atom stereocenters. The Bertz CT molecular complexity index is 1080. The molecule has 0 radical (unpaired) electrons. The van der Waals surface area contributed by atoms with Crippen LogP contribution in [0.25, 0.3) is 11.8 Å². The summed E-state index contributed by atoms with van der Waals surface area (Å²) in [7, 11) is 1.67. The topological polar surface area (TPSA) is 34.1 Å². The highest BCUT2D eigenvalue weighted by molar-refractivity contribution is 6.12. The quantitative estimate of drug-likeness (QED) is 0.633. The van der Waals surface area contributed by atoms with E-state index in [-0.39, 0.29) is 0 Å². The zero-order chi connectivity index (χ0) is 19.6. The molecule has 0 unspecified atom stereocenters. The smallest absolute Gasteiger partial charge is 0.136 e. The van der Waals surface area contributed by atoms with E-state index in [1.54, 1.807) is 7.11 Å². The van der Waals surface area contributed by atoms with Crippen LogP contribution >= 0.6 is 0 Å². The minimum Gasteiger partial charge on any atom is -0.497 e. The molecule has 5 rings (SSSR count). The number of benzene rings is 3. The van der Waals surface area contributed by atoms with Gasteiger partial charge in [0.05, 0.1) is 19.4 Å². The van der Waals surface area contributed by atoms with Crippen molar-refractivity contribution in [1.82, 2.24) is 4.90 Å². The molecule has 0 fully saturated rings. The Morgan fingerprint density at radius 3 is 2.45 bits per heavy atom. The summed E-state index contributed by atoms with van der Waals surface area (Å²) in [5.74, 6) is 2.79. The number of nitrogens with zero attached hydrogens (tertiary/aromatic N) is 2. The molecule has 29 heavy (non-hydrogen) atoms. The zero-order valence-corrected chi connectivity index (χ0v) is 16.3. The number of aliphatic imine (C=N–C) groups is 1. The standard InChI is InChI=1S/C25H22N2O2/c1-28-21-10-6-18(7-11-21)17-29-22-12-8-19(9-13-22)24-16-20-4-2-3-5-23(20)25-26-14-15-27(24)25/h2-13,16H,14-15,17H2,1H3. The van der Waals surface area contributed by atoms with Crippen molar-refractivity contribution in [3.63, 3.8) is 0 Å². The van der Waals surface area contributed by atoms with Gasteiger partial charge in [-0.1, -0.05) is 36.4 Å². The third-order valence-corrected chi connectivity index (χ3v) is 5.34. The molecule has 0 amide bonds. The molecule has 0 saturated heterocycles. The Labute approximate surface area is 170 Å². The van der Waals surface area contributed by atoms with Gasteiger partial charge in [0.2, 0.25) is 0 Å². The van der Waals surface area contributed by atoms with Crippen LogP contribution < -0.4 is 9.47 Å². The van der Waals surface area contributed by atoms with Gasteiger partial charge in [0.15, 0.2) is 0 Å². The van der Waals surface area contributed by atoms with Crippen molar-refractivity contribution in [3.05, 3.63) is 95.1 Å². The zero-order valence-electron chi connectivity index (χ0n) is 16.3. The van der Waals surface area contributed by atoms with E-state index in [9.17, 15) is 0 Å². The van der Waals surface area contributed by atoms with Gasteiger partial charge in [0.1, 0.15) is 23.9 Å². The van der Waals surface area contributed by atoms with Crippen LogP contribution in [-0.2, 0) is 6.61 Å². The highest BCUT2D eigenvalue weighted by Gasteiger charge is 2.28. The maximum absolute atomic E-state index is 5.95. The van der Waals surface area contributed by atoms with Gasteiger partial charge in [-0.15, -0.1) is 0 Å². The van der Waals surface area contributed by atoms with E-state index in [1.807, 2.05) is 36.4 Å². The molecule has 0 spiro atoms. The van der Waals surface area contributed by atoms with E-state index in [0.717, 1.165) is 36.0 Å². The summed E-state index contributed by atoms with van der Waals surface area (Å²) in [6, 6.07) is 24.7. The molecule has 0 aromatic heterocycles. The van der Waals surface area contributed by atoms with E-state index in [2.05, 4.69) is 47.4 Å². The molecule has 0 N–H and O–H groups in total. The van der Waals surface area contributed by atoms with Crippen LogP contribution in [0.5, 0.6) is 11.5 Å². The highest BCUT2D eigenvalue weighted by Crippen LogP contribution is 2.33. The van der Waals surface area contributed by atoms with Gasteiger partial charge in [-0.05, 0) is 59.2 Å². The lowest BCUT2D eigenvalue weighted by atomic mass is 9.97. The first-order chi connectivity index (χ1) is 14.3. The number of fused-ring (bicyclic) bond motifs is 3. The normalized spacial score (nSPS) is 14.6. The van der Waals surface area contributed by atoms with Crippen molar-refractivity contribution < 1.29 is 9.47 Å². The van der Waals surface area contributed by atoms with Crippen LogP contribution in [0.2, 0.25) is 0 Å². The number of hydrogen-bond donors (Lipinski definition) is 0. The summed E-state index contributed by atoms with van der Waals surface area (Å²) >= 11 is 0. The molecule has 2 aliphatic rings. The van der Waals surface area contributed by atoms with Crippen LogP contribution in [0.3, 0.4) is 0 Å². The van der Waals surface area contributed by atoms with Crippen LogP contribution in [0.4, 0.5) is 0 Å². The molecule has 4 nitrogen and oxygen atoms in total. The van der Waals surface area contributed by atoms with Gasteiger partial charge in [-0.3, -0.25) is 4.99 Å². The molecule has 0 aliphatic carbocycles. The second kappa shape index (κ2) is 7.47. The maximum Gasteiger partial charge on any atom is 0.136 e. The summed E-state index contributed by atoms with van der Waals surface area (Å²) < 4.78 is 11.1. The van der Waals surface area contributed by atoms with E-state index in [1.165, 1.54) is 22.4 Å². The summed E-state index contributed by atoms with van der Waals surface area (Å²) in [5.41, 5.74) is 5.92. The monoisotopic (exact) mass is 382 g/mol. The number of rotatable bonds is 5. The van der Waals surface area contributed by atoms with Crippen LogP contribution in [0.15, 0.2) is 77.8 Å². The molecule has 2 aliphatic heterocycles. The SMILES string of the molecule is COc1ccc(COc2ccc(C3=Cc4ccccc4C4=NCCN34)cc2)cc1. The van der Waals surface area contributed by atoms with Crippen LogP contribution in [0.1, 0.15) is 22.3 Å². The average Bonchev–Trinajstić information content (AvgIpc) is 3.28. The summed E-state index contributed by atoms with van der Waals surface area (Å²) in [6.45, 7) is 2.29. The Morgan fingerprint density at radius 2 is 1.66 bits per heavy atom. The molecular weight excluding hydrogens is 360 g/mol. The minimum absolute atomic E-state index is 0.530. The van der Waals surface area contributed by atoms with E-state index < -0.39 is 0 Å². The van der Waals surface area contributed by atoms with Crippen molar-refractivity contribution >= 4 is 17.6 Å². The van der Waals surface area contributed by atoms with Crippen molar-refractivity contribution in [1.29, 1.82) is 0 Å². The fraction of sp³-hybridized carbons (Fsp3) is 0.160. The summed E-state index contributed by atoms with van der Waals surface area (Å²) in [6.07, 6.45) is 2.26. The van der Waals surface area contributed by atoms with Gasteiger partial charge in [-0.2, -0.15) is 0 Å². The molecule has 0 bridgehead atoms. The summed E-state index contributed by atoms with van der Waals surface area (Å²) in [5, 5.41) is 0. The first-order valence-electron chi connectivity index (χ1n) is 9.81. The molecule has 3 aromatic rings. The highest BCUT2D eigenvalue weighted by atomic mass is 16.5. The van der Waals surface area contributed by atoms with Crippen molar-refractivity contribution in [2.24, 2.45) is 4.99 Å². The van der Waals surface area contributed by atoms with E-state index in [4.69, 9.17) is 14.5 Å². The van der Waals surface area contributed by atoms with Gasteiger partial charge in [0, 0.05) is 12.1 Å². The van der Waals surface area contributed by atoms with E-state index in [0.29, 0.717) is 6.61 Å². The van der Waals surface area contributed by atoms with Crippen molar-refractivity contribution in [3.8, 4) is 11.5 Å². The van der Waals surface area contributed by atoms with Gasteiger partial charge in [0.25, 0.3) is 0 Å². The lowest BCUT2D eigenvalue weighted by molar-refractivity contribution is 0.306. The third-order valence-electron chi connectivity index (χ3n) is 5.34. The minimum atomic E-state index is 0.530. The van der Waals surface area contributed by atoms with E-state index >= 15 is 0 Å². The first kappa shape index (κ1) is 17.6. The lowest BCUT2D eigenvalue weighted by Crippen LogP contribution is -2.30. The first-order valence-corrected chi connectivity index (χ1v) is 9.81. The number of hydrogen-bond acceptors (Lipinski definition) is 4. The molecule has 144 valence electrons. The predicted molar refractivity (Wildman–Crippen MR) is 116 cm³/mol. The van der Waals surface area contributed by atoms with Crippen molar-refractivity contribution in [2.45, 2.75) is 6.61 Å². The molecule has 4 heteroatoms. The fourth-order valence-electron chi connectivity index (χ4n) is 3.81. The largest absolute Gasteiger partial charge is 0.497 e. The lowest BCUT2D eigenvalue weighted by Gasteiger charge is -2.29. The Morgan fingerprint density at radius 1 is 0.897 bits per heavy atom. The number of ether oxygens (including phenoxy) is 2. The molecule has 3 aromatic carbocycles. The second-order valence-electron chi connectivity index (χ2n) is 7.13. The maximum atomic E-state index is 5.95. The summed E-state index contributed by atoms with van der Waals surface area (Å²) in [4.78, 5) is 7.05. The van der Waals surface area contributed by atoms with Gasteiger partial charge >= 0.3 is 0 Å². The fourth-order valence-corrected chi connectivity index (χ4v) is 3.81. The van der Waals surface area contributed by atoms with Gasteiger partial charge < -0.3 is 14.4 Å². The predicted octanol–water partition coefficient (Wildman–Crippen LogP) is 4.85. The van der Waals surface area contributed by atoms with Crippen LogP contribution in [-0.4, -0.2) is 30.9 Å². The van der Waals surface area contributed by atoms with Gasteiger partial charge in [-0.25, -0.2) is 0 Å². The third kappa shape index (κ3) is 3.38. The Hall–Kier alpha value is -3.53. The molecule has 2 heterocycles.